The summed E-state index contributed by atoms with van der Waals surface area (Å²) in [4.78, 5) is 14.2. The van der Waals surface area contributed by atoms with Crippen molar-refractivity contribution in [2.45, 2.75) is 51.6 Å². The molecular formula is C14H31Cl2N3O. The molecule has 3 atom stereocenters. The fourth-order valence-electron chi connectivity index (χ4n) is 2.64. The Labute approximate surface area is 136 Å². The molecule has 0 saturated heterocycles. The number of hydrogen-bond donors (Lipinski definition) is 2. The standard InChI is InChI=1S/C14H29N3O.2ClH/c1-10(2)7-13(17(3)4)9-16-14(18)11-5-6-12(15)8-11;;/h10-13H,5-9,15H2,1-4H3,(H,16,18);2*1H. The Bertz CT molecular complexity index is 275. The van der Waals surface area contributed by atoms with Gasteiger partial charge in [-0.05, 0) is 45.7 Å². The molecular weight excluding hydrogens is 297 g/mol. The van der Waals surface area contributed by atoms with Gasteiger partial charge in [-0.3, -0.25) is 4.79 Å². The molecule has 6 heteroatoms. The summed E-state index contributed by atoms with van der Waals surface area (Å²) >= 11 is 0. The molecule has 1 amide bonds. The molecule has 0 spiro atoms. The van der Waals surface area contributed by atoms with E-state index in [0.717, 1.165) is 32.2 Å². The molecule has 0 radical (unpaired) electrons. The smallest absolute Gasteiger partial charge is 0.223 e. The number of hydrogen-bond acceptors (Lipinski definition) is 3. The lowest BCUT2D eigenvalue weighted by Gasteiger charge is -2.26. The van der Waals surface area contributed by atoms with Crippen molar-refractivity contribution in [2.75, 3.05) is 20.6 Å². The van der Waals surface area contributed by atoms with Crippen molar-refractivity contribution in [3.8, 4) is 0 Å². The summed E-state index contributed by atoms with van der Waals surface area (Å²) < 4.78 is 0. The summed E-state index contributed by atoms with van der Waals surface area (Å²) in [6.07, 6.45) is 3.89. The third-order valence-corrected chi connectivity index (χ3v) is 3.83. The maximum atomic E-state index is 12.0. The lowest BCUT2D eigenvalue weighted by Crippen LogP contribution is -2.42. The molecule has 122 valence electrons. The maximum absolute atomic E-state index is 12.0. The van der Waals surface area contributed by atoms with Crippen LogP contribution >= 0.6 is 24.8 Å². The van der Waals surface area contributed by atoms with Crippen LogP contribution in [0.5, 0.6) is 0 Å². The average Bonchev–Trinajstić information content (AvgIpc) is 2.69. The first-order valence-electron chi connectivity index (χ1n) is 7.09. The van der Waals surface area contributed by atoms with Crippen LogP contribution in [0, 0.1) is 11.8 Å². The number of nitrogens with one attached hydrogen (secondary N) is 1. The van der Waals surface area contributed by atoms with Gasteiger partial charge in [0.2, 0.25) is 5.91 Å². The minimum atomic E-state index is 0. The first-order valence-corrected chi connectivity index (χ1v) is 7.09. The van der Waals surface area contributed by atoms with Crippen molar-refractivity contribution in [2.24, 2.45) is 17.6 Å². The summed E-state index contributed by atoms with van der Waals surface area (Å²) in [5, 5.41) is 3.10. The van der Waals surface area contributed by atoms with E-state index in [1.165, 1.54) is 0 Å². The van der Waals surface area contributed by atoms with E-state index in [4.69, 9.17) is 5.73 Å². The normalized spacial score (nSPS) is 23.1. The highest BCUT2D eigenvalue weighted by Crippen LogP contribution is 2.24. The summed E-state index contributed by atoms with van der Waals surface area (Å²) in [7, 11) is 4.15. The zero-order valence-corrected chi connectivity index (χ0v) is 14.7. The molecule has 0 aliphatic heterocycles. The molecule has 3 unspecified atom stereocenters. The van der Waals surface area contributed by atoms with Gasteiger partial charge in [0.1, 0.15) is 0 Å². The molecule has 1 rings (SSSR count). The number of nitrogens with zero attached hydrogens (tertiary/aromatic N) is 1. The van der Waals surface area contributed by atoms with Gasteiger partial charge >= 0.3 is 0 Å². The van der Waals surface area contributed by atoms with E-state index in [9.17, 15) is 4.79 Å². The Morgan fingerprint density at radius 3 is 2.30 bits per heavy atom. The SMILES string of the molecule is CC(C)CC(CNC(=O)C1CCC(N)C1)N(C)C.Cl.Cl. The fraction of sp³-hybridized carbons (Fsp3) is 0.929. The molecule has 1 fully saturated rings. The molecule has 1 aliphatic carbocycles. The summed E-state index contributed by atoms with van der Waals surface area (Å²) in [5.41, 5.74) is 5.84. The average molecular weight is 328 g/mol. The highest BCUT2D eigenvalue weighted by Gasteiger charge is 2.28. The number of likely N-dealkylation sites (N-methyl/N-ethyl adjacent to an activating group) is 1. The zero-order valence-electron chi connectivity index (χ0n) is 13.1. The zero-order chi connectivity index (χ0) is 13.7. The molecule has 0 aromatic rings. The number of nitrogens with two attached hydrogens (primary N) is 1. The second kappa shape index (κ2) is 10.7. The highest BCUT2D eigenvalue weighted by atomic mass is 35.5. The number of rotatable bonds is 6. The topological polar surface area (TPSA) is 58.4 Å². The van der Waals surface area contributed by atoms with Crippen molar-refractivity contribution in [1.82, 2.24) is 10.2 Å². The second-order valence-corrected chi connectivity index (χ2v) is 6.26. The van der Waals surface area contributed by atoms with Crippen LogP contribution in [0.2, 0.25) is 0 Å². The van der Waals surface area contributed by atoms with Crippen LogP contribution in [0.15, 0.2) is 0 Å². The molecule has 0 heterocycles. The summed E-state index contributed by atoms with van der Waals surface area (Å²) in [6, 6.07) is 0.644. The summed E-state index contributed by atoms with van der Waals surface area (Å²) in [6.45, 7) is 5.18. The maximum Gasteiger partial charge on any atom is 0.223 e. The molecule has 1 saturated carbocycles. The predicted molar refractivity (Wildman–Crippen MR) is 89.8 cm³/mol. The van der Waals surface area contributed by atoms with Crippen LogP contribution in [0.25, 0.3) is 0 Å². The van der Waals surface area contributed by atoms with Gasteiger partial charge in [0.25, 0.3) is 0 Å². The van der Waals surface area contributed by atoms with Crippen molar-refractivity contribution in [1.29, 1.82) is 0 Å². The molecule has 0 aromatic heterocycles. The predicted octanol–water partition coefficient (Wildman–Crippen LogP) is 2.05. The fourth-order valence-corrected chi connectivity index (χ4v) is 2.64. The van der Waals surface area contributed by atoms with E-state index in [1.54, 1.807) is 0 Å². The Balaban J connectivity index is 0. The summed E-state index contributed by atoms with van der Waals surface area (Å²) in [5.74, 6) is 0.981. The molecule has 0 aromatic carbocycles. The molecule has 3 N–H and O–H groups in total. The quantitative estimate of drug-likeness (QED) is 0.785. The van der Waals surface area contributed by atoms with E-state index in [2.05, 4.69) is 38.2 Å². The minimum Gasteiger partial charge on any atom is -0.354 e. The van der Waals surface area contributed by atoms with E-state index in [0.29, 0.717) is 12.0 Å². The van der Waals surface area contributed by atoms with Gasteiger partial charge in [-0.2, -0.15) is 0 Å². The second-order valence-electron chi connectivity index (χ2n) is 6.26. The lowest BCUT2D eigenvalue weighted by atomic mass is 10.0. The molecule has 20 heavy (non-hydrogen) atoms. The van der Waals surface area contributed by atoms with Crippen LogP contribution in [-0.2, 0) is 4.79 Å². The van der Waals surface area contributed by atoms with Gasteiger partial charge in [0.15, 0.2) is 0 Å². The van der Waals surface area contributed by atoms with Gasteiger partial charge in [0.05, 0.1) is 0 Å². The first-order chi connectivity index (χ1) is 8.40. The third-order valence-electron chi connectivity index (χ3n) is 3.83. The van der Waals surface area contributed by atoms with Crippen LogP contribution in [0.3, 0.4) is 0 Å². The van der Waals surface area contributed by atoms with Crippen molar-refractivity contribution in [3.05, 3.63) is 0 Å². The van der Waals surface area contributed by atoms with E-state index in [1.807, 2.05) is 0 Å². The van der Waals surface area contributed by atoms with Crippen LogP contribution in [0.1, 0.15) is 39.5 Å². The van der Waals surface area contributed by atoms with Gasteiger partial charge in [-0.15, -0.1) is 24.8 Å². The Kier molecular flexibility index (Phi) is 11.9. The van der Waals surface area contributed by atoms with Crippen molar-refractivity contribution < 1.29 is 4.79 Å². The largest absolute Gasteiger partial charge is 0.354 e. The van der Waals surface area contributed by atoms with E-state index >= 15 is 0 Å². The van der Waals surface area contributed by atoms with E-state index < -0.39 is 0 Å². The van der Waals surface area contributed by atoms with Crippen molar-refractivity contribution in [3.63, 3.8) is 0 Å². The lowest BCUT2D eigenvalue weighted by molar-refractivity contribution is -0.125. The first kappa shape index (κ1) is 22.3. The van der Waals surface area contributed by atoms with Gasteiger partial charge < -0.3 is 16.0 Å². The van der Waals surface area contributed by atoms with Gasteiger partial charge in [-0.25, -0.2) is 0 Å². The highest BCUT2D eigenvalue weighted by molar-refractivity contribution is 5.85. The minimum absolute atomic E-state index is 0. The molecule has 0 bridgehead atoms. The Hall–Kier alpha value is -0.0300. The molecule has 1 aliphatic rings. The van der Waals surface area contributed by atoms with Crippen LogP contribution in [-0.4, -0.2) is 43.5 Å². The van der Waals surface area contributed by atoms with Crippen LogP contribution in [0.4, 0.5) is 0 Å². The van der Waals surface area contributed by atoms with E-state index in [-0.39, 0.29) is 42.7 Å². The number of carbonyl (C=O) groups excluding carboxylic acids is 1. The van der Waals surface area contributed by atoms with Crippen molar-refractivity contribution >= 4 is 30.7 Å². The van der Waals surface area contributed by atoms with Gasteiger partial charge in [0, 0.05) is 24.5 Å². The Morgan fingerprint density at radius 1 is 1.30 bits per heavy atom. The van der Waals surface area contributed by atoms with Crippen LogP contribution < -0.4 is 11.1 Å². The monoisotopic (exact) mass is 327 g/mol. The number of halogens is 2. The molecule has 4 nitrogen and oxygen atoms in total. The number of carbonyl (C=O) groups is 1. The Morgan fingerprint density at radius 2 is 1.90 bits per heavy atom. The van der Waals surface area contributed by atoms with Gasteiger partial charge in [-0.1, -0.05) is 13.8 Å². The number of amides is 1. The third kappa shape index (κ3) is 7.67.